The number of rotatable bonds is 5. The molecule has 7 nitrogen and oxygen atoms in total. The molecule has 27 heavy (non-hydrogen) atoms. The van der Waals surface area contributed by atoms with Crippen molar-refractivity contribution in [2.45, 2.75) is 25.7 Å². The minimum Gasteiger partial charge on any atom is -0.454 e. The van der Waals surface area contributed by atoms with Gasteiger partial charge in [-0.05, 0) is 31.0 Å². The van der Waals surface area contributed by atoms with Gasteiger partial charge in [0.15, 0.2) is 6.61 Å². The molecule has 3 amide bonds. The van der Waals surface area contributed by atoms with Crippen molar-refractivity contribution in [2.75, 3.05) is 18.5 Å². The predicted octanol–water partition coefficient (Wildman–Crippen LogP) is 2.25. The molecule has 0 aromatic heterocycles. The van der Waals surface area contributed by atoms with Crippen molar-refractivity contribution in [3.63, 3.8) is 0 Å². The normalized spacial score (nSPS) is 21.8. The third kappa shape index (κ3) is 4.35. The van der Waals surface area contributed by atoms with Crippen LogP contribution in [-0.2, 0) is 23.9 Å². The molecule has 0 unspecified atom stereocenters. The molecule has 1 aromatic rings. The molecule has 9 heteroatoms. The predicted molar refractivity (Wildman–Crippen MR) is 95.9 cm³/mol. The van der Waals surface area contributed by atoms with Crippen LogP contribution in [0.1, 0.15) is 25.7 Å². The van der Waals surface area contributed by atoms with E-state index in [1.165, 1.54) is 12.1 Å². The van der Waals surface area contributed by atoms with Crippen LogP contribution in [0.25, 0.3) is 0 Å². The van der Waals surface area contributed by atoms with Crippen molar-refractivity contribution >= 4 is 45.3 Å². The molecule has 2 aliphatic rings. The molecule has 2 atom stereocenters. The van der Waals surface area contributed by atoms with E-state index >= 15 is 0 Å². The Labute approximate surface area is 163 Å². The standard InChI is InChI=1S/C18H18BrFN2O5/c19-10-5-6-14(13(20)7-10)21-15(23)9-27-16(24)8-22-17(25)11-3-1-2-4-12(11)18(22)26/h5-7,11-12H,1-4,8-9H2,(H,21,23)/t11-,12+. The summed E-state index contributed by atoms with van der Waals surface area (Å²) in [6.45, 7) is -1.15. The quantitative estimate of drug-likeness (QED) is 0.559. The van der Waals surface area contributed by atoms with Crippen LogP contribution in [0.3, 0.4) is 0 Å². The average Bonchev–Trinajstić information content (AvgIpc) is 2.88. The molecular formula is C18H18BrFN2O5. The number of hydrogen-bond donors (Lipinski definition) is 1. The lowest BCUT2D eigenvalue weighted by molar-refractivity contribution is -0.154. The molecule has 1 N–H and O–H groups in total. The van der Waals surface area contributed by atoms with Gasteiger partial charge in [-0.1, -0.05) is 28.8 Å². The van der Waals surface area contributed by atoms with E-state index in [4.69, 9.17) is 4.74 Å². The lowest BCUT2D eigenvalue weighted by atomic mass is 9.81. The number of nitrogens with zero attached hydrogens (tertiary/aromatic N) is 1. The van der Waals surface area contributed by atoms with Crippen LogP contribution >= 0.6 is 15.9 Å². The summed E-state index contributed by atoms with van der Waals surface area (Å²) >= 11 is 3.10. The largest absolute Gasteiger partial charge is 0.454 e. The summed E-state index contributed by atoms with van der Waals surface area (Å²) in [5.74, 6) is -3.60. The average molecular weight is 441 g/mol. The highest BCUT2D eigenvalue weighted by molar-refractivity contribution is 9.10. The summed E-state index contributed by atoms with van der Waals surface area (Å²) in [6, 6.07) is 4.10. The first-order valence-electron chi connectivity index (χ1n) is 8.62. The van der Waals surface area contributed by atoms with Crippen molar-refractivity contribution in [1.29, 1.82) is 0 Å². The van der Waals surface area contributed by atoms with E-state index in [0.29, 0.717) is 17.3 Å². The summed E-state index contributed by atoms with van der Waals surface area (Å²) in [4.78, 5) is 49.3. The highest BCUT2D eigenvalue weighted by Crippen LogP contribution is 2.37. The van der Waals surface area contributed by atoms with Crippen LogP contribution in [0.4, 0.5) is 10.1 Å². The zero-order valence-corrected chi connectivity index (χ0v) is 16.0. The topological polar surface area (TPSA) is 92.8 Å². The third-order valence-electron chi connectivity index (χ3n) is 4.79. The van der Waals surface area contributed by atoms with E-state index in [1.54, 1.807) is 6.07 Å². The van der Waals surface area contributed by atoms with Gasteiger partial charge in [-0.2, -0.15) is 0 Å². The number of likely N-dealkylation sites (tertiary alicyclic amines) is 1. The van der Waals surface area contributed by atoms with Gasteiger partial charge < -0.3 is 10.1 Å². The van der Waals surface area contributed by atoms with Crippen molar-refractivity contribution in [1.82, 2.24) is 4.90 Å². The summed E-state index contributed by atoms with van der Waals surface area (Å²) in [6.07, 6.45) is 3.10. The number of nitrogens with one attached hydrogen (secondary N) is 1. The Kier molecular flexibility index (Phi) is 5.88. The molecule has 1 heterocycles. The van der Waals surface area contributed by atoms with Gasteiger partial charge in [0.2, 0.25) is 11.8 Å². The number of amides is 3. The van der Waals surface area contributed by atoms with E-state index < -0.39 is 30.8 Å². The Morgan fingerprint density at radius 2 is 1.81 bits per heavy atom. The second-order valence-corrected chi connectivity index (χ2v) is 7.51. The number of ether oxygens (including phenoxy) is 1. The number of benzene rings is 1. The number of halogens is 2. The van der Waals surface area contributed by atoms with Gasteiger partial charge in [-0.3, -0.25) is 24.1 Å². The minimum atomic E-state index is -0.859. The number of esters is 1. The molecular weight excluding hydrogens is 423 g/mol. The summed E-state index contributed by atoms with van der Waals surface area (Å²) in [5, 5.41) is 2.29. The smallest absolute Gasteiger partial charge is 0.326 e. The second-order valence-electron chi connectivity index (χ2n) is 6.59. The van der Waals surface area contributed by atoms with Crippen LogP contribution in [0.15, 0.2) is 22.7 Å². The maximum atomic E-state index is 13.7. The first-order chi connectivity index (χ1) is 12.9. The van der Waals surface area contributed by atoms with E-state index in [2.05, 4.69) is 21.2 Å². The number of carbonyl (C=O) groups is 4. The fraction of sp³-hybridized carbons (Fsp3) is 0.444. The van der Waals surface area contributed by atoms with Gasteiger partial charge in [0.25, 0.3) is 5.91 Å². The van der Waals surface area contributed by atoms with Crippen molar-refractivity contribution < 1.29 is 28.3 Å². The van der Waals surface area contributed by atoms with Gasteiger partial charge in [-0.15, -0.1) is 0 Å². The number of imide groups is 1. The maximum Gasteiger partial charge on any atom is 0.326 e. The Morgan fingerprint density at radius 1 is 1.19 bits per heavy atom. The number of carbonyl (C=O) groups excluding carboxylic acids is 4. The number of fused-ring (bicyclic) bond motifs is 1. The lowest BCUT2D eigenvalue weighted by Gasteiger charge is -2.19. The maximum absolute atomic E-state index is 13.7. The molecule has 1 aromatic carbocycles. The molecule has 1 aliphatic carbocycles. The van der Waals surface area contributed by atoms with Gasteiger partial charge in [0, 0.05) is 4.47 Å². The highest BCUT2D eigenvalue weighted by atomic mass is 79.9. The molecule has 1 aliphatic heterocycles. The zero-order chi connectivity index (χ0) is 19.6. The summed E-state index contributed by atoms with van der Waals surface area (Å²) in [5.41, 5.74) is -0.0479. The van der Waals surface area contributed by atoms with E-state index in [0.717, 1.165) is 17.7 Å². The molecule has 0 spiro atoms. The van der Waals surface area contributed by atoms with E-state index in [1.807, 2.05) is 0 Å². The van der Waals surface area contributed by atoms with Gasteiger partial charge >= 0.3 is 5.97 Å². The molecule has 0 radical (unpaired) electrons. The minimum absolute atomic E-state index is 0.0479. The van der Waals surface area contributed by atoms with E-state index in [9.17, 15) is 23.6 Å². The molecule has 3 rings (SSSR count). The summed E-state index contributed by atoms with van der Waals surface area (Å²) < 4.78 is 19.0. The molecule has 144 valence electrons. The van der Waals surface area contributed by atoms with E-state index in [-0.39, 0.29) is 29.3 Å². The van der Waals surface area contributed by atoms with Crippen LogP contribution < -0.4 is 5.32 Å². The van der Waals surface area contributed by atoms with Crippen LogP contribution in [0, 0.1) is 17.7 Å². The third-order valence-corrected chi connectivity index (χ3v) is 5.28. The number of hydrogen-bond acceptors (Lipinski definition) is 5. The van der Waals surface area contributed by atoms with Gasteiger partial charge in [0.05, 0.1) is 17.5 Å². The zero-order valence-electron chi connectivity index (χ0n) is 14.4. The Morgan fingerprint density at radius 3 is 2.41 bits per heavy atom. The van der Waals surface area contributed by atoms with Gasteiger partial charge in [-0.25, -0.2) is 4.39 Å². The molecule has 0 bridgehead atoms. The Bertz CT molecular complexity index is 776. The first-order valence-corrected chi connectivity index (χ1v) is 9.42. The van der Waals surface area contributed by atoms with Crippen molar-refractivity contribution in [3.8, 4) is 0 Å². The van der Waals surface area contributed by atoms with Gasteiger partial charge in [0.1, 0.15) is 12.4 Å². The Balaban J connectivity index is 1.50. The van der Waals surface area contributed by atoms with Crippen LogP contribution in [-0.4, -0.2) is 41.7 Å². The van der Waals surface area contributed by atoms with Crippen molar-refractivity contribution in [2.24, 2.45) is 11.8 Å². The Hall–Kier alpha value is -2.29. The highest BCUT2D eigenvalue weighted by Gasteiger charge is 2.48. The summed E-state index contributed by atoms with van der Waals surface area (Å²) in [7, 11) is 0. The first kappa shape index (κ1) is 19.5. The fourth-order valence-electron chi connectivity index (χ4n) is 3.48. The monoisotopic (exact) mass is 440 g/mol. The van der Waals surface area contributed by atoms with Crippen LogP contribution in [0.2, 0.25) is 0 Å². The molecule has 1 saturated heterocycles. The SMILES string of the molecule is O=C(COC(=O)CN1C(=O)[C@H]2CCCC[C@H]2C1=O)Nc1ccc(Br)cc1F. The van der Waals surface area contributed by atoms with Crippen molar-refractivity contribution in [3.05, 3.63) is 28.5 Å². The molecule has 1 saturated carbocycles. The lowest BCUT2D eigenvalue weighted by Crippen LogP contribution is -2.37. The van der Waals surface area contributed by atoms with Crippen LogP contribution in [0.5, 0.6) is 0 Å². The number of anilines is 1. The molecule has 2 fully saturated rings. The second kappa shape index (κ2) is 8.16. The fourth-order valence-corrected chi connectivity index (χ4v) is 3.82.